The normalized spacial score (nSPS) is 15.8. The maximum absolute atomic E-state index is 13.4. The summed E-state index contributed by atoms with van der Waals surface area (Å²) in [6.45, 7) is 7.25. The standard InChI is InChI=1S/C34H48N2O3S/c1-24(2)11-10-15-28(21-26-13-6-5-7-14-26)35-23-27-17-18-30(31(22-27)29-16-9-8-12-25(29)3)33(37)36-32(34(38)39)19-20-40-4/h8-10,12,15-18,22,24,26,28,32,35H,5-7,11,13-14,19-21,23H2,1-4H3,(H,36,37)(H,38,39)/b15-10-/t28-,32-/m0/s1. The first-order chi connectivity index (χ1) is 19.3. The van der Waals surface area contributed by atoms with Crippen LogP contribution in [0.2, 0.25) is 0 Å². The van der Waals surface area contributed by atoms with Gasteiger partial charge in [-0.3, -0.25) is 4.79 Å². The number of aliphatic carboxylic acids is 1. The summed E-state index contributed by atoms with van der Waals surface area (Å²) < 4.78 is 0. The van der Waals surface area contributed by atoms with Crippen molar-refractivity contribution < 1.29 is 14.7 Å². The average molecular weight is 565 g/mol. The van der Waals surface area contributed by atoms with Gasteiger partial charge in [0.05, 0.1) is 0 Å². The van der Waals surface area contributed by atoms with Crippen molar-refractivity contribution in [3.63, 3.8) is 0 Å². The van der Waals surface area contributed by atoms with Crippen LogP contribution in [0.5, 0.6) is 0 Å². The van der Waals surface area contributed by atoms with Crippen LogP contribution in [0.25, 0.3) is 11.1 Å². The van der Waals surface area contributed by atoms with Gasteiger partial charge in [-0.25, -0.2) is 4.79 Å². The minimum absolute atomic E-state index is 0.319. The fourth-order valence-electron chi connectivity index (χ4n) is 5.50. The van der Waals surface area contributed by atoms with Crippen molar-refractivity contribution in [2.75, 3.05) is 12.0 Å². The second-order valence-corrected chi connectivity index (χ2v) is 12.6. The average Bonchev–Trinajstić information content (AvgIpc) is 2.94. The van der Waals surface area contributed by atoms with Gasteiger partial charge in [-0.2, -0.15) is 11.8 Å². The first-order valence-corrected chi connectivity index (χ1v) is 16.3. The molecule has 0 aromatic heterocycles. The Morgan fingerprint density at radius 1 is 1.07 bits per heavy atom. The van der Waals surface area contributed by atoms with E-state index < -0.39 is 12.0 Å². The largest absolute Gasteiger partial charge is 0.480 e. The monoisotopic (exact) mass is 564 g/mol. The molecule has 0 spiro atoms. The summed E-state index contributed by atoms with van der Waals surface area (Å²) in [5.41, 5.74) is 4.51. The quantitative estimate of drug-likeness (QED) is 0.194. The molecule has 0 saturated heterocycles. The number of rotatable bonds is 15. The van der Waals surface area contributed by atoms with Crippen LogP contribution in [0.4, 0.5) is 0 Å². The topological polar surface area (TPSA) is 78.4 Å². The predicted octanol–water partition coefficient (Wildman–Crippen LogP) is 7.63. The number of carbonyl (C=O) groups is 2. The van der Waals surface area contributed by atoms with Gasteiger partial charge in [0.1, 0.15) is 6.04 Å². The Hall–Kier alpha value is -2.57. The molecule has 1 saturated carbocycles. The number of hydrogen-bond acceptors (Lipinski definition) is 4. The Balaban J connectivity index is 1.84. The molecule has 0 heterocycles. The highest BCUT2D eigenvalue weighted by Crippen LogP contribution is 2.30. The molecule has 2 aromatic rings. The summed E-state index contributed by atoms with van der Waals surface area (Å²) in [5.74, 6) is 0.730. The number of carboxylic acids is 1. The molecule has 3 N–H and O–H groups in total. The van der Waals surface area contributed by atoms with Crippen LogP contribution in [0.15, 0.2) is 54.6 Å². The van der Waals surface area contributed by atoms with Gasteiger partial charge in [-0.05, 0) is 84.4 Å². The van der Waals surface area contributed by atoms with E-state index in [0.29, 0.717) is 36.2 Å². The summed E-state index contributed by atoms with van der Waals surface area (Å²) in [4.78, 5) is 25.2. The van der Waals surface area contributed by atoms with Gasteiger partial charge in [0.2, 0.25) is 0 Å². The summed E-state index contributed by atoms with van der Waals surface area (Å²) >= 11 is 1.57. The van der Waals surface area contributed by atoms with Crippen LogP contribution < -0.4 is 10.6 Å². The maximum atomic E-state index is 13.4. The number of thioether (sulfide) groups is 1. The van der Waals surface area contributed by atoms with E-state index in [1.54, 1.807) is 11.8 Å². The summed E-state index contributed by atoms with van der Waals surface area (Å²) in [5, 5.41) is 16.2. The van der Waals surface area contributed by atoms with E-state index in [1.165, 1.54) is 32.1 Å². The fourth-order valence-corrected chi connectivity index (χ4v) is 5.97. The molecule has 3 rings (SSSR count). The van der Waals surface area contributed by atoms with Crippen LogP contribution in [-0.4, -0.2) is 41.1 Å². The maximum Gasteiger partial charge on any atom is 0.326 e. The van der Waals surface area contributed by atoms with Crippen molar-refractivity contribution in [1.29, 1.82) is 0 Å². The highest BCUT2D eigenvalue weighted by Gasteiger charge is 2.23. The Labute approximate surface area is 245 Å². The second kappa shape index (κ2) is 16.6. The van der Waals surface area contributed by atoms with E-state index in [1.807, 2.05) is 49.6 Å². The Bertz CT molecular complexity index is 1120. The van der Waals surface area contributed by atoms with Gasteiger partial charge in [0.15, 0.2) is 0 Å². The van der Waals surface area contributed by atoms with Crippen molar-refractivity contribution in [2.45, 2.75) is 90.8 Å². The van der Waals surface area contributed by atoms with E-state index >= 15 is 0 Å². The molecule has 5 nitrogen and oxygen atoms in total. The van der Waals surface area contributed by atoms with E-state index in [2.05, 4.69) is 42.7 Å². The van der Waals surface area contributed by atoms with Gasteiger partial charge >= 0.3 is 5.97 Å². The molecular weight excluding hydrogens is 516 g/mol. The van der Waals surface area contributed by atoms with E-state index in [4.69, 9.17) is 0 Å². The lowest BCUT2D eigenvalue weighted by Gasteiger charge is -2.26. The third kappa shape index (κ3) is 10.1. The predicted molar refractivity (Wildman–Crippen MR) is 169 cm³/mol. The van der Waals surface area contributed by atoms with E-state index in [0.717, 1.165) is 41.0 Å². The van der Waals surface area contributed by atoms with Gasteiger partial charge < -0.3 is 15.7 Å². The lowest BCUT2D eigenvalue weighted by atomic mass is 9.84. The van der Waals surface area contributed by atoms with Crippen LogP contribution >= 0.6 is 11.8 Å². The molecule has 1 fully saturated rings. The minimum Gasteiger partial charge on any atom is -0.480 e. The van der Waals surface area contributed by atoms with E-state index in [9.17, 15) is 14.7 Å². The molecular formula is C34H48N2O3S. The number of allylic oxidation sites excluding steroid dienone is 1. The number of carbonyl (C=O) groups excluding carboxylic acids is 1. The SMILES string of the molecule is CSCC[C@H](NC(=O)c1ccc(CN[C@@H](/C=C\CC(C)C)CC2CCCCC2)cc1-c1ccccc1C)C(=O)O. The third-order valence-electron chi connectivity index (χ3n) is 7.83. The number of hydrogen-bond donors (Lipinski definition) is 3. The first kappa shape index (κ1) is 32.0. The Morgan fingerprint density at radius 3 is 2.50 bits per heavy atom. The summed E-state index contributed by atoms with van der Waals surface area (Å²) in [6, 6.07) is 13.4. The Kier molecular flexibility index (Phi) is 13.3. The molecule has 1 aliphatic rings. The smallest absolute Gasteiger partial charge is 0.326 e. The van der Waals surface area contributed by atoms with E-state index in [-0.39, 0.29) is 5.91 Å². The molecule has 1 amide bonds. The van der Waals surface area contributed by atoms with Gasteiger partial charge in [-0.15, -0.1) is 0 Å². The number of carboxylic acid groups (broad SMARTS) is 1. The lowest BCUT2D eigenvalue weighted by Crippen LogP contribution is -2.41. The van der Waals surface area contributed by atoms with Gasteiger partial charge in [0, 0.05) is 18.2 Å². The van der Waals surface area contributed by atoms with Crippen LogP contribution in [0.3, 0.4) is 0 Å². The molecule has 0 aliphatic heterocycles. The zero-order valence-electron chi connectivity index (χ0n) is 24.7. The van der Waals surface area contributed by atoms with Gasteiger partial charge in [-0.1, -0.05) is 88.4 Å². The number of nitrogens with one attached hydrogen (secondary N) is 2. The molecule has 40 heavy (non-hydrogen) atoms. The van der Waals surface area contributed by atoms with Crippen molar-refractivity contribution in [1.82, 2.24) is 10.6 Å². The highest BCUT2D eigenvalue weighted by atomic mass is 32.2. The van der Waals surface area contributed by atoms with Crippen molar-refractivity contribution in [3.8, 4) is 11.1 Å². The highest BCUT2D eigenvalue weighted by molar-refractivity contribution is 7.98. The van der Waals surface area contributed by atoms with Crippen molar-refractivity contribution in [2.24, 2.45) is 11.8 Å². The summed E-state index contributed by atoms with van der Waals surface area (Å²) in [6.07, 6.45) is 16.0. The second-order valence-electron chi connectivity index (χ2n) is 11.6. The van der Waals surface area contributed by atoms with Crippen molar-refractivity contribution in [3.05, 3.63) is 71.3 Å². The fraction of sp³-hybridized carbons (Fsp3) is 0.529. The zero-order chi connectivity index (χ0) is 28.9. The molecule has 0 unspecified atom stereocenters. The van der Waals surface area contributed by atoms with Gasteiger partial charge in [0.25, 0.3) is 5.91 Å². The van der Waals surface area contributed by atoms with Crippen molar-refractivity contribution >= 4 is 23.6 Å². The molecule has 6 heteroatoms. The number of benzene rings is 2. The summed E-state index contributed by atoms with van der Waals surface area (Å²) in [7, 11) is 0. The third-order valence-corrected chi connectivity index (χ3v) is 8.48. The molecule has 2 aromatic carbocycles. The molecule has 218 valence electrons. The lowest BCUT2D eigenvalue weighted by molar-refractivity contribution is -0.139. The first-order valence-electron chi connectivity index (χ1n) is 14.9. The molecule has 0 radical (unpaired) electrons. The minimum atomic E-state index is -1.00. The van der Waals surface area contributed by atoms with Crippen LogP contribution in [-0.2, 0) is 11.3 Å². The van der Waals surface area contributed by atoms with Crippen LogP contribution in [0, 0.1) is 18.8 Å². The molecule has 2 atom stereocenters. The Morgan fingerprint density at radius 2 is 1.82 bits per heavy atom. The zero-order valence-corrected chi connectivity index (χ0v) is 25.6. The number of aryl methyl sites for hydroxylation is 1. The van der Waals surface area contributed by atoms with Crippen LogP contribution in [0.1, 0.15) is 86.7 Å². The molecule has 0 bridgehead atoms. The number of amides is 1. The molecule has 1 aliphatic carbocycles.